The summed E-state index contributed by atoms with van der Waals surface area (Å²) in [7, 11) is 0. The summed E-state index contributed by atoms with van der Waals surface area (Å²) in [5.41, 5.74) is 2.25. The third kappa shape index (κ3) is 4.63. The Bertz CT molecular complexity index is 1110. The number of nitrogens with one attached hydrogen (secondary N) is 2. The summed E-state index contributed by atoms with van der Waals surface area (Å²) in [6.45, 7) is 4.91. The van der Waals surface area contributed by atoms with E-state index < -0.39 is 0 Å². The highest BCUT2D eigenvalue weighted by atomic mass is 16.6. The molecule has 31 heavy (non-hydrogen) atoms. The number of amides is 2. The molecular weight excluding hydrogens is 396 g/mol. The van der Waals surface area contributed by atoms with E-state index in [-0.39, 0.29) is 24.4 Å². The molecule has 2 N–H and O–H groups in total. The molecule has 2 aromatic carbocycles. The maximum atomic E-state index is 12.9. The van der Waals surface area contributed by atoms with E-state index in [0.717, 1.165) is 17.5 Å². The van der Waals surface area contributed by atoms with E-state index in [1.54, 1.807) is 18.2 Å². The molecule has 8 nitrogen and oxygen atoms in total. The first-order valence-electron chi connectivity index (χ1n) is 10.5. The Morgan fingerprint density at radius 1 is 1.10 bits per heavy atom. The predicted molar refractivity (Wildman–Crippen MR) is 117 cm³/mol. The molecule has 0 radical (unpaired) electrons. The minimum Gasteiger partial charge on any atom is -0.486 e. The van der Waals surface area contributed by atoms with Gasteiger partial charge >= 0.3 is 0 Å². The van der Waals surface area contributed by atoms with Crippen LogP contribution in [-0.2, 0) is 16.1 Å². The van der Waals surface area contributed by atoms with Gasteiger partial charge < -0.3 is 24.7 Å². The summed E-state index contributed by atoms with van der Waals surface area (Å²) in [5, 5.41) is 5.88. The van der Waals surface area contributed by atoms with Crippen molar-refractivity contribution in [2.75, 3.05) is 18.5 Å². The Balaban J connectivity index is 1.55. The van der Waals surface area contributed by atoms with E-state index in [9.17, 15) is 9.59 Å². The number of imidazole rings is 1. The monoisotopic (exact) mass is 422 g/mol. The molecule has 1 aliphatic rings. The van der Waals surface area contributed by atoms with Crippen molar-refractivity contribution in [3.05, 3.63) is 48.3 Å². The van der Waals surface area contributed by atoms with Crippen LogP contribution in [0, 0.1) is 0 Å². The number of anilines is 1. The number of hydrogen-bond acceptors (Lipinski definition) is 5. The number of rotatable bonds is 7. The second-order valence-electron chi connectivity index (χ2n) is 7.49. The molecule has 1 unspecified atom stereocenters. The van der Waals surface area contributed by atoms with E-state index in [2.05, 4.69) is 15.6 Å². The van der Waals surface area contributed by atoms with Crippen LogP contribution >= 0.6 is 0 Å². The zero-order chi connectivity index (χ0) is 21.8. The lowest BCUT2D eigenvalue weighted by atomic mass is 10.2. The van der Waals surface area contributed by atoms with Crippen molar-refractivity contribution in [1.29, 1.82) is 0 Å². The molecule has 8 heteroatoms. The van der Waals surface area contributed by atoms with Crippen LogP contribution in [0.15, 0.2) is 42.5 Å². The molecular formula is C23H26N4O4. The van der Waals surface area contributed by atoms with Crippen LogP contribution in [0.1, 0.15) is 38.6 Å². The van der Waals surface area contributed by atoms with Crippen molar-refractivity contribution < 1.29 is 19.1 Å². The molecule has 1 aromatic heterocycles. The Morgan fingerprint density at radius 2 is 1.87 bits per heavy atom. The average Bonchev–Trinajstić information content (AvgIpc) is 3.12. The first-order chi connectivity index (χ1) is 15.0. The number of para-hydroxylation sites is 2. The lowest BCUT2D eigenvalue weighted by molar-refractivity contribution is -0.121. The van der Waals surface area contributed by atoms with Crippen molar-refractivity contribution in [2.45, 2.75) is 39.3 Å². The number of fused-ring (bicyclic) bond motifs is 2. The molecule has 0 saturated heterocycles. The maximum Gasteiger partial charge on any atom is 0.244 e. The molecule has 0 spiro atoms. The van der Waals surface area contributed by atoms with Crippen LogP contribution in [0.25, 0.3) is 11.0 Å². The molecule has 1 atom stereocenters. The van der Waals surface area contributed by atoms with E-state index in [1.165, 1.54) is 0 Å². The first-order valence-corrected chi connectivity index (χ1v) is 10.5. The molecule has 4 rings (SSSR count). The quantitative estimate of drug-likeness (QED) is 0.608. The third-order valence-electron chi connectivity index (χ3n) is 5.05. The SMILES string of the molecule is CCCC(=O)NC(C)c1nc2ccccc2n1CC(=O)Nc1ccc2c(c1)OCCO2. The van der Waals surface area contributed by atoms with Gasteiger partial charge in [0.25, 0.3) is 0 Å². The summed E-state index contributed by atoms with van der Waals surface area (Å²) >= 11 is 0. The Hall–Kier alpha value is -3.55. The largest absolute Gasteiger partial charge is 0.486 e. The lowest BCUT2D eigenvalue weighted by Crippen LogP contribution is -2.29. The summed E-state index contributed by atoms with van der Waals surface area (Å²) < 4.78 is 13.0. The number of hydrogen-bond donors (Lipinski definition) is 2. The van der Waals surface area contributed by atoms with Crippen molar-refractivity contribution in [3.8, 4) is 11.5 Å². The Morgan fingerprint density at radius 3 is 2.68 bits per heavy atom. The molecule has 0 aliphatic carbocycles. The van der Waals surface area contributed by atoms with Crippen LogP contribution in [-0.4, -0.2) is 34.6 Å². The van der Waals surface area contributed by atoms with Crippen molar-refractivity contribution in [3.63, 3.8) is 0 Å². The van der Waals surface area contributed by atoms with Gasteiger partial charge in [-0.2, -0.15) is 0 Å². The van der Waals surface area contributed by atoms with Crippen LogP contribution in [0.5, 0.6) is 11.5 Å². The first kappa shape index (κ1) is 20.7. The highest BCUT2D eigenvalue weighted by molar-refractivity contribution is 5.92. The van der Waals surface area contributed by atoms with Gasteiger partial charge in [0.1, 0.15) is 25.6 Å². The highest BCUT2D eigenvalue weighted by Crippen LogP contribution is 2.32. The van der Waals surface area contributed by atoms with Gasteiger partial charge in [-0.05, 0) is 37.6 Å². The van der Waals surface area contributed by atoms with E-state index in [0.29, 0.717) is 42.6 Å². The molecule has 0 saturated carbocycles. The fraction of sp³-hybridized carbons (Fsp3) is 0.348. The van der Waals surface area contributed by atoms with E-state index >= 15 is 0 Å². The van der Waals surface area contributed by atoms with Crippen LogP contribution in [0.3, 0.4) is 0 Å². The van der Waals surface area contributed by atoms with Gasteiger partial charge in [0.15, 0.2) is 11.5 Å². The molecule has 162 valence electrons. The van der Waals surface area contributed by atoms with Gasteiger partial charge in [0, 0.05) is 18.2 Å². The van der Waals surface area contributed by atoms with E-state index in [1.807, 2.05) is 42.7 Å². The third-order valence-corrected chi connectivity index (χ3v) is 5.05. The van der Waals surface area contributed by atoms with Crippen molar-refractivity contribution in [2.24, 2.45) is 0 Å². The minimum atomic E-state index is -0.325. The van der Waals surface area contributed by atoms with E-state index in [4.69, 9.17) is 9.47 Å². The molecule has 2 heterocycles. The highest BCUT2D eigenvalue weighted by Gasteiger charge is 2.20. The van der Waals surface area contributed by atoms with Gasteiger partial charge in [0.2, 0.25) is 11.8 Å². The van der Waals surface area contributed by atoms with Crippen molar-refractivity contribution in [1.82, 2.24) is 14.9 Å². The van der Waals surface area contributed by atoms with Crippen LogP contribution < -0.4 is 20.1 Å². The normalized spacial score (nSPS) is 13.6. The summed E-state index contributed by atoms with van der Waals surface area (Å²) in [6.07, 6.45) is 1.22. The fourth-order valence-corrected chi connectivity index (χ4v) is 3.66. The van der Waals surface area contributed by atoms with Gasteiger partial charge in [-0.15, -0.1) is 0 Å². The maximum absolute atomic E-state index is 12.9. The number of ether oxygens (including phenoxy) is 2. The summed E-state index contributed by atoms with van der Waals surface area (Å²) in [6, 6.07) is 12.6. The molecule has 3 aromatic rings. The second-order valence-corrected chi connectivity index (χ2v) is 7.49. The Kier molecular flexibility index (Phi) is 6.06. The second kappa shape index (κ2) is 9.07. The standard InChI is InChI=1S/C23H26N4O4/c1-3-6-21(28)24-15(2)23-26-17-7-4-5-8-18(17)27(23)14-22(29)25-16-9-10-19-20(13-16)31-12-11-30-19/h4-5,7-10,13,15H,3,6,11-12,14H2,1-2H3,(H,24,28)(H,25,29). The number of carbonyl (C=O) groups is 2. The molecule has 1 aliphatic heterocycles. The fourth-order valence-electron chi connectivity index (χ4n) is 3.66. The number of carbonyl (C=O) groups excluding carboxylic acids is 2. The topological polar surface area (TPSA) is 94.5 Å². The Labute approximate surface area is 180 Å². The summed E-state index contributed by atoms with van der Waals surface area (Å²) in [5.74, 6) is 1.69. The molecule has 2 amide bonds. The lowest BCUT2D eigenvalue weighted by Gasteiger charge is -2.19. The number of benzene rings is 2. The zero-order valence-corrected chi connectivity index (χ0v) is 17.7. The molecule has 0 fully saturated rings. The number of aromatic nitrogens is 2. The van der Waals surface area contributed by atoms with Crippen LogP contribution in [0.2, 0.25) is 0 Å². The van der Waals surface area contributed by atoms with Gasteiger partial charge in [0.05, 0.1) is 17.1 Å². The zero-order valence-electron chi connectivity index (χ0n) is 17.7. The van der Waals surface area contributed by atoms with Gasteiger partial charge in [-0.25, -0.2) is 4.98 Å². The summed E-state index contributed by atoms with van der Waals surface area (Å²) in [4.78, 5) is 29.6. The smallest absolute Gasteiger partial charge is 0.244 e. The molecule has 0 bridgehead atoms. The van der Waals surface area contributed by atoms with Crippen molar-refractivity contribution >= 4 is 28.5 Å². The van der Waals surface area contributed by atoms with Gasteiger partial charge in [-0.3, -0.25) is 9.59 Å². The average molecular weight is 422 g/mol. The van der Waals surface area contributed by atoms with Gasteiger partial charge in [-0.1, -0.05) is 19.1 Å². The van der Waals surface area contributed by atoms with Crippen LogP contribution in [0.4, 0.5) is 5.69 Å². The predicted octanol–water partition coefficient (Wildman–Crippen LogP) is 3.42. The number of nitrogens with zero attached hydrogens (tertiary/aromatic N) is 2. The minimum absolute atomic E-state index is 0.0330.